The van der Waals surface area contributed by atoms with Crippen LogP contribution >= 0.6 is 46.9 Å². The highest BCUT2D eigenvalue weighted by Crippen LogP contribution is 2.33. The number of anilines is 1. The normalized spacial score (nSPS) is 10.8. The number of rotatable bonds is 6. The molecule has 150 valence electrons. The van der Waals surface area contributed by atoms with Crippen molar-refractivity contribution in [3.63, 3.8) is 0 Å². The zero-order valence-corrected chi connectivity index (χ0v) is 18.8. The van der Waals surface area contributed by atoms with Crippen molar-refractivity contribution in [3.8, 4) is 5.75 Å². The molecule has 5 nitrogen and oxygen atoms in total. The zero-order chi connectivity index (χ0) is 19.6. The van der Waals surface area contributed by atoms with Gasteiger partial charge in [-0.3, -0.25) is 9.69 Å². The van der Waals surface area contributed by atoms with Gasteiger partial charge in [0.25, 0.3) is 5.91 Å². The number of amides is 1. The molecule has 9 heteroatoms. The molecule has 0 N–H and O–H groups in total. The summed E-state index contributed by atoms with van der Waals surface area (Å²) < 4.78 is 6.29. The first kappa shape index (κ1) is 22.7. The van der Waals surface area contributed by atoms with Crippen molar-refractivity contribution in [3.05, 3.63) is 52.0 Å². The Bertz CT molecular complexity index is 978. The monoisotopic (exact) mass is 459 g/mol. The summed E-state index contributed by atoms with van der Waals surface area (Å²) >= 11 is 13.6. The van der Waals surface area contributed by atoms with Crippen LogP contribution in [0.1, 0.15) is 10.4 Å². The van der Waals surface area contributed by atoms with Crippen LogP contribution in [0.5, 0.6) is 5.75 Å². The van der Waals surface area contributed by atoms with Crippen molar-refractivity contribution in [2.45, 2.75) is 0 Å². The lowest BCUT2D eigenvalue weighted by atomic mass is 10.1. The Kier molecular flexibility index (Phi) is 7.92. The Hall–Kier alpha value is -1.57. The van der Waals surface area contributed by atoms with E-state index in [4.69, 9.17) is 27.9 Å². The molecule has 0 aliphatic carbocycles. The van der Waals surface area contributed by atoms with E-state index in [1.54, 1.807) is 29.2 Å². The summed E-state index contributed by atoms with van der Waals surface area (Å²) in [5.74, 6) is 0.268. The third-order valence-corrected chi connectivity index (χ3v) is 5.49. The summed E-state index contributed by atoms with van der Waals surface area (Å²) in [4.78, 5) is 21.6. The number of thiazole rings is 1. The maximum atomic E-state index is 13.3. The largest absolute Gasteiger partial charge is 0.496 e. The average molecular weight is 461 g/mol. The molecular weight excluding hydrogens is 441 g/mol. The second-order valence-electron chi connectivity index (χ2n) is 6.21. The minimum absolute atomic E-state index is 0. The van der Waals surface area contributed by atoms with Crippen LogP contribution in [0.25, 0.3) is 10.2 Å². The van der Waals surface area contributed by atoms with Crippen LogP contribution in [-0.2, 0) is 0 Å². The fourth-order valence-electron chi connectivity index (χ4n) is 2.58. The number of carbonyl (C=O) groups is 1. The van der Waals surface area contributed by atoms with E-state index in [0.29, 0.717) is 39.6 Å². The predicted molar refractivity (Wildman–Crippen MR) is 120 cm³/mol. The lowest BCUT2D eigenvalue weighted by molar-refractivity contribution is 0.0982. The van der Waals surface area contributed by atoms with E-state index in [9.17, 15) is 4.79 Å². The van der Waals surface area contributed by atoms with Crippen molar-refractivity contribution < 1.29 is 9.53 Å². The Morgan fingerprint density at radius 1 is 1.11 bits per heavy atom. The molecule has 0 radical (unpaired) electrons. The highest BCUT2D eigenvalue weighted by Gasteiger charge is 2.24. The first-order chi connectivity index (χ1) is 12.9. The molecular formula is C19H20Cl3N3O2S. The molecule has 0 fully saturated rings. The zero-order valence-electron chi connectivity index (χ0n) is 15.6. The molecule has 3 aromatic rings. The van der Waals surface area contributed by atoms with E-state index >= 15 is 0 Å². The SMILES string of the molecule is COc1ccc(Cl)cc1C(=O)N(CCN(C)C)c1nc2ccc(Cl)cc2s1.Cl. The van der Waals surface area contributed by atoms with Gasteiger partial charge in [-0.15, -0.1) is 12.4 Å². The molecule has 1 heterocycles. The van der Waals surface area contributed by atoms with Crippen LogP contribution < -0.4 is 9.64 Å². The molecule has 0 aliphatic heterocycles. The van der Waals surface area contributed by atoms with Gasteiger partial charge in [0, 0.05) is 23.1 Å². The van der Waals surface area contributed by atoms with Crippen molar-refractivity contribution in [2.75, 3.05) is 39.2 Å². The second kappa shape index (κ2) is 9.76. The van der Waals surface area contributed by atoms with Crippen molar-refractivity contribution in [1.82, 2.24) is 9.88 Å². The molecule has 0 atom stereocenters. The minimum atomic E-state index is -0.207. The quantitative estimate of drug-likeness (QED) is 0.504. The van der Waals surface area contributed by atoms with Crippen LogP contribution in [0.4, 0.5) is 5.13 Å². The van der Waals surface area contributed by atoms with Crippen LogP contribution in [0.2, 0.25) is 10.0 Å². The number of nitrogens with zero attached hydrogens (tertiary/aromatic N) is 3. The van der Waals surface area contributed by atoms with Crippen LogP contribution in [-0.4, -0.2) is 50.1 Å². The fraction of sp³-hybridized carbons (Fsp3) is 0.263. The Morgan fingerprint density at radius 2 is 1.79 bits per heavy atom. The van der Waals surface area contributed by atoms with E-state index in [1.165, 1.54) is 18.4 Å². The number of fused-ring (bicyclic) bond motifs is 1. The van der Waals surface area contributed by atoms with Crippen molar-refractivity contribution in [2.24, 2.45) is 0 Å². The molecule has 0 saturated heterocycles. The van der Waals surface area contributed by atoms with Gasteiger partial charge in [0.2, 0.25) is 0 Å². The summed E-state index contributed by atoms with van der Waals surface area (Å²) in [5.41, 5.74) is 1.21. The van der Waals surface area contributed by atoms with Gasteiger partial charge in [-0.05, 0) is 50.5 Å². The van der Waals surface area contributed by atoms with Crippen LogP contribution in [0.15, 0.2) is 36.4 Å². The number of halogens is 3. The molecule has 0 bridgehead atoms. The van der Waals surface area contributed by atoms with Crippen LogP contribution in [0, 0.1) is 0 Å². The predicted octanol–water partition coefficient (Wildman–Crippen LogP) is 5.24. The minimum Gasteiger partial charge on any atom is -0.496 e. The van der Waals surface area contributed by atoms with Gasteiger partial charge in [0.05, 0.1) is 22.9 Å². The lowest BCUT2D eigenvalue weighted by Gasteiger charge is -2.23. The van der Waals surface area contributed by atoms with Gasteiger partial charge < -0.3 is 9.64 Å². The Morgan fingerprint density at radius 3 is 2.46 bits per heavy atom. The van der Waals surface area contributed by atoms with E-state index in [1.807, 2.05) is 31.1 Å². The lowest BCUT2D eigenvalue weighted by Crippen LogP contribution is -2.37. The maximum absolute atomic E-state index is 13.3. The van der Waals surface area contributed by atoms with Crippen molar-refractivity contribution >= 4 is 68.2 Å². The van der Waals surface area contributed by atoms with E-state index in [0.717, 1.165) is 10.2 Å². The number of likely N-dealkylation sites (N-methyl/N-ethyl adjacent to an activating group) is 1. The first-order valence-electron chi connectivity index (χ1n) is 8.25. The van der Waals surface area contributed by atoms with Crippen LogP contribution in [0.3, 0.4) is 0 Å². The third-order valence-electron chi connectivity index (χ3n) is 3.98. The highest BCUT2D eigenvalue weighted by atomic mass is 35.5. The molecule has 3 rings (SSSR count). The molecule has 2 aromatic carbocycles. The fourth-order valence-corrected chi connectivity index (χ4v) is 4.02. The highest BCUT2D eigenvalue weighted by molar-refractivity contribution is 7.22. The van der Waals surface area contributed by atoms with Gasteiger partial charge in [-0.2, -0.15) is 0 Å². The molecule has 0 unspecified atom stereocenters. The van der Waals surface area contributed by atoms with Gasteiger partial charge >= 0.3 is 0 Å². The van der Waals surface area contributed by atoms with Crippen molar-refractivity contribution in [1.29, 1.82) is 0 Å². The number of hydrogen-bond donors (Lipinski definition) is 0. The number of carbonyl (C=O) groups excluding carboxylic acids is 1. The number of methoxy groups -OCH3 is 1. The number of hydrogen-bond acceptors (Lipinski definition) is 5. The molecule has 0 spiro atoms. The summed E-state index contributed by atoms with van der Waals surface area (Å²) in [6.45, 7) is 1.17. The average Bonchev–Trinajstić information content (AvgIpc) is 3.04. The number of aromatic nitrogens is 1. The Balaban J connectivity index is 0.00000280. The molecule has 0 saturated carbocycles. The van der Waals surface area contributed by atoms with E-state index < -0.39 is 0 Å². The molecule has 1 aromatic heterocycles. The van der Waals surface area contributed by atoms with Gasteiger partial charge in [0.1, 0.15) is 5.75 Å². The topological polar surface area (TPSA) is 45.7 Å². The second-order valence-corrected chi connectivity index (χ2v) is 8.10. The number of ether oxygens (including phenoxy) is 1. The summed E-state index contributed by atoms with van der Waals surface area (Å²) in [5, 5.41) is 1.73. The standard InChI is InChI=1S/C19H19Cl2N3O2S.ClH/c1-23(2)8-9-24(18(25)14-10-12(20)5-7-16(14)26-3)19-22-15-6-4-13(21)11-17(15)27-19;/h4-7,10-11H,8-9H2,1-3H3;1H. The van der Waals surface area contributed by atoms with E-state index in [2.05, 4.69) is 4.98 Å². The summed E-state index contributed by atoms with van der Waals surface area (Å²) in [6.07, 6.45) is 0. The first-order valence-corrected chi connectivity index (χ1v) is 9.82. The van der Waals surface area contributed by atoms with Gasteiger partial charge in [-0.1, -0.05) is 34.5 Å². The Labute approximate surface area is 184 Å². The van der Waals surface area contributed by atoms with E-state index in [-0.39, 0.29) is 18.3 Å². The van der Waals surface area contributed by atoms with Gasteiger partial charge in [0.15, 0.2) is 5.13 Å². The third kappa shape index (κ3) is 5.07. The molecule has 28 heavy (non-hydrogen) atoms. The smallest absolute Gasteiger partial charge is 0.263 e. The molecule has 0 aliphatic rings. The molecule has 1 amide bonds. The number of benzene rings is 2. The maximum Gasteiger partial charge on any atom is 0.263 e. The summed E-state index contributed by atoms with van der Waals surface area (Å²) in [6, 6.07) is 10.5. The van der Waals surface area contributed by atoms with Gasteiger partial charge in [-0.25, -0.2) is 4.98 Å². The summed E-state index contributed by atoms with van der Waals surface area (Å²) in [7, 11) is 5.45.